The van der Waals surface area contributed by atoms with Gasteiger partial charge in [0, 0.05) is 11.6 Å². The predicted octanol–water partition coefficient (Wildman–Crippen LogP) is 3.60. The molecule has 0 spiro atoms. The second-order valence-electron chi connectivity index (χ2n) is 5.42. The molecule has 0 fully saturated rings. The van der Waals surface area contributed by atoms with Gasteiger partial charge in [-0.05, 0) is 31.0 Å². The van der Waals surface area contributed by atoms with Gasteiger partial charge in [-0.1, -0.05) is 36.7 Å². The Hall–Kier alpha value is -2.01. The van der Waals surface area contributed by atoms with Crippen molar-refractivity contribution in [2.24, 2.45) is 5.92 Å². The molecule has 2 aromatic rings. The molecule has 5 nitrogen and oxygen atoms in total. The molecule has 0 aliphatic heterocycles. The van der Waals surface area contributed by atoms with E-state index in [0.29, 0.717) is 34.6 Å². The number of halogens is 1. The highest BCUT2D eigenvalue weighted by molar-refractivity contribution is 6.30. The van der Waals surface area contributed by atoms with Gasteiger partial charge in [0.25, 0.3) is 5.91 Å². The Morgan fingerprint density at radius 3 is 2.91 bits per heavy atom. The first-order valence-electron chi connectivity index (χ1n) is 7.09. The molecule has 118 valence electrons. The molecule has 1 heterocycles. The first kappa shape index (κ1) is 16.4. The van der Waals surface area contributed by atoms with Crippen LogP contribution in [0.15, 0.2) is 28.8 Å². The van der Waals surface area contributed by atoms with Crippen LogP contribution in [0, 0.1) is 12.8 Å². The van der Waals surface area contributed by atoms with Crippen molar-refractivity contribution < 1.29 is 14.1 Å². The number of aryl methyl sites for hydroxylation is 1. The fraction of sp³-hybridized carbons (Fsp3) is 0.375. The highest BCUT2D eigenvalue weighted by Gasteiger charge is 2.20. The number of carbonyl (C=O) groups excluding carboxylic acids is 1. The van der Waals surface area contributed by atoms with E-state index in [0.717, 1.165) is 0 Å². The molecule has 0 atom stereocenters. The van der Waals surface area contributed by atoms with E-state index in [1.54, 1.807) is 31.2 Å². The summed E-state index contributed by atoms with van der Waals surface area (Å²) in [5.41, 5.74) is 0.904. The second kappa shape index (κ2) is 7.31. The third-order valence-corrected chi connectivity index (χ3v) is 3.28. The van der Waals surface area contributed by atoms with Crippen molar-refractivity contribution in [3.8, 4) is 5.75 Å². The molecule has 1 aromatic carbocycles. The summed E-state index contributed by atoms with van der Waals surface area (Å²) in [6.07, 6.45) is 0. The van der Waals surface area contributed by atoms with Gasteiger partial charge in [0.1, 0.15) is 18.1 Å². The Bertz CT molecular complexity index is 653. The molecule has 1 amide bonds. The van der Waals surface area contributed by atoms with E-state index in [4.69, 9.17) is 20.9 Å². The van der Waals surface area contributed by atoms with Crippen LogP contribution in [0.4, 0.5) is 0 Å². The minimum absolute atomic E-state index is 0.195. The van der Waals surface area contributed by atoms with E-state index < -0.39 is 0 Å². The van der Waals surface area contributed by atoms with Crippen molar-refractivity contribution in [1.29, 1.82) is 0 Å². The van der Waals surface area contributed by atoms with Crippen LogP contribution in [0.5, 0.6) is 5.75 Å². The van der Waals surface area contributed by atoms with Crippen LogP contribution in [-0.2, 0) is 6.61 Å². The minimum atomic E-state index is -0.254. The lowest BCUT2D eigenvalue weighted by atomic mass is 10.2. The van der Waals surface area contributed by atoms with Gasteiger partial charge in [-0.15, -0.1) is 0 Å². The van der Waals surface area contributed by atoms with Gasteiger partial charge in [0.15, 0.2) is 5.69 Å². The molecule has 0 saturated carbocycles. The quantitative estimate of drug-likeness (QED) is 0.882. The summed E-state index contributed by atoms with van der Waals surface area (Å²) in [6, 6.07) is 7.08. The van der Waals surface area contributed by atoms with Crippen LogP contribution in [0.25, 0.3) is 0 Å². The standard InChI is InChI=1S/C16H19ClN2O3/c1-10(2)8-18-16(20)15-14(11(3)22-19-15)9-21-13-6-4-5-12(17)7-13/h4-7,10H,8-9H2,1-3H3,(H,18,20). The van der Waals surface area contributed by atoms with Crippen LogP contribution >= 0.6 is 11.6 Å². The van der Waals surface area contributed by atoms with Crippen LogP contribution < -0.4 is 10.1 Å². The molecule has 0 aliphatic rings. The SMILES string of the molecule is Cc1onc(C(=O)NCC(C)C)c1COc1cccc(Cl)c1. The van der Waals surface area contributed by atoms with Crippen LogP contribution in [0.3, 0.4) is 0 Å². The highest BCUT2D eigenvalue weighted by atomic mass is 35.5. The summed E-state index contributed by atoms with van der Waals surface area (Å²) in [5.74, 6) is 1.30. The Balaban J connectivity index is 2.07. The Morgan fingerprint density at radius 1 is 1.45 bits per heavy atom. The third-order valence-electron chi connectivity index (χ3n) is 3.05. The maximum absolute atomic E-state index is 12.1. The number of rotatable bonds is 6. The lowest BCUT2D eigenvalue weighted by molar-refractivity contribution is 0.0937. The molecule has 0 unspecified atom stereocenters. The van der Waals surface area contributed by atoms with Crippen molar-refractivity contribution in [1.82, 2.24) is 10.5 Å². The molecule has 0 radical (unpaired) electrons. The monoisotopic (exact) mass is 322 g/mol. The molecule has 1 aromatic heterocycles. The van der Waals surface area contributed by atoms with E-state index in [1.165, 1.54) is 0 Å². The van der Waals surface area contributed by atoms with Crippen molar-refractivity contribution >= 4 is 17.5 Å². The van der Waals surface area contributed by atoms with Gasteiger partial charge in [0.2, 0.25) is 0 Å². The van der Waals surface area contributed by atoms with Gasteiger partial charge in [-0.3, -0.25) is 4.79 Å². The van der Waals surface area contributed by atoms with Gasteiger partial charge in [0.05, 0.1) is 5.56 Å². The molecular formula is C16H19ClN2O3. The summed E-state index contributed by atoms with van der Waals surface area (Å²) >= 11 is 5.91. The Labute approximate surface area is 134 Å². The minimum Gasteiger partial charge on any atom is -0.489 e. The summed E-state index contributed by atoms with van der Waals surface area (Å²) < 4.78 is 10.8. The zero-order valence-corrected chi connectivity index (χ0v) is 13.6. The maximum atomic E-state index is 12.1. The van der Waals surface area contributed by atoms with Gasteiger partial charge >= 0.3 is 0 Å². The number of aromatic nitrogens is 1. The predicted molar refractivity (Wildman–Crippen MR) is 84.2 cm³/mol. The number of nitrogens with one attached hydrogen (secondary N) is 1. The second-order valence-corrected chi connectivity index (χ2v) is 5.85. The molecule has 6 heteroatoms. The Morgan fingerprint density at radius 2 is 2.23 bits per heavy atom. The number of carbonyl (C=O) groups is 1. The first-order valence-corrected chi connectivity index (χ1v) is 7.47. The summed E-state index contributed by atoms with van der Waals surface area (Å²) in [4.78, 5) is 12.1. The highest BCUT2D eigenvalue weighted by Crippen LogP contribution is 2.20. The fourth-order valence-corrected chi connectivity index (χ4v) is 2.01. The van der Waals surface area contributed by atoms with E-state index >= 15 is 0 Å². The van der Waals surface area contributed by atoms with Crippen molar-refractivity contribution in [3.63, 3.8) is 0 Å². The molecule has 2 rings (SSSR count). The van der Waals surface area contributed by atoms with Gasteiger partial charge in [-0.25, -0.2) is 0 Å². The topological polar surface area (TPSA) is 64.4 Å². The molecule has 0 bridgehead atoms. The van der Waals surface area contributed by atoms with Crippen LogP contribution in [-0.4, -0.2) is 17.6 Å². The van der Waals surface area contributed by atoms with Crippen molar-refractivity contribution in [3.05, 3.63) is 46.3 Å². The van der Waals surface area contributed by atoms with E-state index in [9.17, 15) is 4.79 Å². The lowest BCUT2D eigenvalue weighted by Gasteiger charge is -2.08. The van der Waals surface area contributed by atoms with Gasteiger partial charge < -0.3 is 14.6 Å². The number of hydrogen-bond acceptors (Lipinski definition) is 4. The number of nitrogens with zero attached hydrogens (tertiary/aromatic N) is 1. The third kappa shape index (κ3) is 4.24. The van der Waals surface area contributed by atoms with Crippen molar-refractivity contribution in [2.45, 2.75) is 27.4 Å². The smallest absolute Gasteiger partial charge is 0.273 e. The average molecular weight is 323 g/mol. The average Bonchev–Trinajstić information content (AvgIpc) is 2.84. The van der Waals surface area contributed by atoms with E-state index in [1.807, 2.05) is 13.8 Å². The Kier molecular flexibility index (Phi) is 5.44. The normalized spacial score (nSPS) is 10.8. The van der Waals surface area contributed by atoms with Crippen LogP contribution in [0.1, 0.15) is 35.7 Å². The number of ether oxygens (including phenoxy) is 1. The largest absolute Gasteiger partial charge is 0.489 e. The van der Waals surface area contributed by atoms with Crippen molar-refractivity contribution in [2.75, 3.05) is 6.54 Å². The molecule has 0 saturated heterocycles. The maximum Gasteiger partial charge on any atom is 0.273 e. The van der Waals surface area contributed by atoms with Crippen LogP contribution in [0.2, 0.25) is 5.02 Å². The molecular weight excluding hydrogens is 304 g/mol. The molecule has 1 N–H and O–H groups in total. The molecule has 0 aliphatic carbocycles. The zero-order valence-electron chi connectivity index (χ0n) is 12.9. The zero-order chi connectivity index (χ0) is 16.1. The summed E-state index contributed by atoms with van der Waals surface area (Å²) in [7, 11) is 0. The first-order chi connectivity index (χ1) is 10.5. The van der Waals surface area contributed by atoms with Gasteiger partial charge in [-0.2, -0.15) is 0 Å². The number of hydrogen-bond donors (Lipinski definition) is 1. The summed E-state index contributed by atoms with van der Waals surface area (Å²) in [5, 5.41) is 7.24. The summed E-state index contributed by atoms with van der Waals surface area (Å²) in [6.45, 7) is 6.58. The molecule has 22 heavy (non-hydrogen) atoms. The number of benzene rings is 1. The lowest BCUT2D eigenvalue weighted by Crippen LogP contribution is -2.28. The van der Waals surface area contributed by atoms with E-state index in [2.05, 4.69) is 10.5 Å². The number of amides is 1. The van der Waals surface area contributed by atoms with E-state index in [-0.39, 0.29) is 18.2 Å². The fourth-order valence-electron chi connectivity index (χ4n) is 1.83.